The first-order chi connectivity index (χ1) is 10.3. The van der Waals surface area contributed by atoms with Gasteiger partial charge in [-0.05, 0) is 25.0 Å². The number of nitriles is 1. The predicted molar refractivity (Wildman–Crippen MR) is 78.7 cm³/mol. The van der Waals surface area contributed by atoms with Crippen LogP contribution in [0.5, 0.6) is 0 Å². The van der Waals surface area contributed by atoms with Gasteiger partial charge in [0.25, 0.3) is 0 Å². The van der Waals surface area contributed by atoms with Crippen molar-refractivity contribution in [3.63, 3.8) is 0 Å². The van der Waals surface area contributed by atoms with E-state index in [0.29, 0.717) is 11.8 Å². The summed E-state index contributed by atoms with van der Waals surface area (Å²) in [6, 6.07) is 6.83. The SMILES string of the molecule is N#Cc1c(F)cccc1N1CCN(CC2CCCO2)CC1. The highest BCUT2D eigenvalue weighted by Gasteiger charge is 2.24. The van der Waals surface area contributed by atoms with E-state index in [1.54, 1.807) is 6.07 Å². The molecule has 0 N–H and O–H groups in total. The summed E-state index contributed by atoms with van der Waals surface area (Å²) >= 11 is 0. The molecular formula is C16H20FN3O. The Balaban J connectivity index is 1.61. The highest BCUT2D eigenvalue weighted by molar-refractivity contribution is 5.60. The Hall–Kier alpha value is -1.64. The van der Waals surface area contributed by atoms with Gasteiger partial charge in [0.2, 0.25) is 0 Å². The van der Waals surface area contributed by atoms with Gasteiger partial charge in [-0.25, -0.2) is 4.39 Å². The van der Waals surface area contributed by atoms with Gasteiger partial charge < -0.3 is 9.64 Å². The summed E-state index contributed by atoms with van der Waals surface area (Å²) in [6.07, 6.45) is 2.70. The molecule has 112 valence electrons. The zero-order chi connectivity index (χ0) is 14.7. The minimum atomic E-state index is -0.434. The lowest BCUT2D eigenvalue weighted by atomic mass is 10.1. The van der Waals surface area contributed by atoms with Gasteiger partial charge in [-0.2, -0.15) is 5.26 Å². The third-order valence-electron chi connectivity index (χ3n) is 4.30. The van der Waals surface area contributed by atoms with Crippen LogP contribution >= 0.6 is 0 Å². The maximum absolute atomic E-state index is 13.7. The molecule has 0 spiro atoms. The fourth-order valence-electron chi connectivity index (χ4n) is 3.13. The largest absolute Gasteiger partial charge is 0.377 e. The van der Waals surface area contributed by atoms with Crippen LogP contribution in [0, 0.1) is 17.1 Å². The van der Waals surface area contributed by atoms with Crippen molar-refractivity contribution in [2.45, 2.75) is 18.9 Å². The molecule has 0 bridgehead atoms. The molecule has 3 rings (SSSR count). The third-order valence-corrected chi connectivity index (χ3v) is 4.30. The summed E-state index contributed by atoms with van der Waals surface area (Å²) in [5.41, 5.74) is 0.874. The molecule has 4 nitrogen and oxygen atoms in total. The highest BCUT2D eigenvalue weighted by Crippen LogP contribution is 2.24. The Labute approximate surface area is 124 Å². The zero-order valence-electron chi connectivity index (χ0n) is 12.1. The van der Waals surface area contributed by atoms with Crippen LogP contribution in [-0.4, -0.2) is 50.3 Å². The molecule has 1 aromatic carbocycles. The van der Waals surface area contributed by atoms with Crippen LogP contribution in [0.3, 0.4) is 0 Å². The van der Waals surface area contributed by atoms with Crippen molar-refractivity contribution >= 4 is 5.69 Å². The molecule has 5 heteroatoms. The van der Waals surface area contributed by atoms with Crippen molar-refractivity contribution in [2.75, 3.05) is 44.2 Å². The summed E-state index contributed by atoms with van der Waals surface area (Å²) in [6.45, 7) is 5.39. The number of halogens is 1. The first-order valence-electron chi connectivity index (χ1n) is 7.55. The lowest BCUT2D eigenvalue weighted by Gasteiger charge is -2.37. The fraction of sp³-hybridized carbons (Fsp3) is 0.562. The molecule has 2 aliphatic rings. The molecule has 2 heterocycles. The maximum Gasteiger partial charge on any atom is 0.143 e. The maximum atomic E-state index is 13.7. The van der Waals surface area contributed by atoms with Crippen LogP contribution < -0.4 is 4.90 Å². The van der Waals surface area contributed by atoms with Crippen molar-refractivity contribution in [3.8, 4) is 6.07 Å². The molecule has 1 aromatic rings. The van der Waals surface area contributed by atoms with E-state index in [4.69, 9.17) is 10.00 Å². The molecule has 1 atom stereocenters. The molecule has 0 radical (unpaired) electrons. The summed E-state index contributed by atoms with van der Waals surface area (Å²) in [4.78, 5) is 4.51. The van der Waals surface area contributed by atoms with Crippen LogP contribution in [0.4, 0.5) is 10.1 Å². The second-order valence-electron chi connectivity index (χ2n) is 5.67. The van der Waals surface area contributed by atoms with Crippen LogP contribution in [0.25, 0.3) is 0 Å². The van der Waals surface area contributed by atoms with Crippen LogP contribution in [-0.2, 0) is 4.74 Å². The molecular weight excluding hydrogens is 269 g/mol. The van der Waals surface area contributed by atoms with Gasteiger partial charge in [0.05, 0.1) is 11.8 Å². The van der Waals surface area contributed by atoms with Gasteiger partial charge in [0, 0.05) is 39.3 Å². The first kappa shape index (κ1) is 14.3. The van der Waals surface area contributed by atoms with Crippen molar-refractivity contribution in [1.29, 1.82) is 5.26 Å². The summed E-state index contributed by atoms with van der Waals surface area (Å²) in [5, 5.41) is 9.13. The zero-order valence-corrected chi connectivity index (χ0v) is 12.1. The van der Waals surface area contributed by atoms with E-state index >= 15 is 0 Å². The molecule has 0 aliphatic carbocycles. The molecule has 0 amide bonds. The van der Waals surface area contributed by atoms with Crippen molar-refractivity contribution in [1.82, 2.24) is 4.90 Å². The van der Waals surface area contributed by atoms with Gasteiger partial charge in [-0.3, -0.25) is 4.90 Å². The number of nitrogens with zero attached hydrogens (tertiary/aromatic N) is 3. The van der Waals surface area contributed by atoms with E-state index in [1.165, 1.54) is 12.5 Å². The fourth-order valence-corrected chi connectivity index (χ4v) is 3.13. The van der Waals surface area contributed by atoms with Crippen molar-refractivity contribution in [3.05, 3.63) is 29.6 Å². The standard InChI is InChI=1S/C16H20FN3O/c17-15-4-1-5-16(14(15)11-18)20-8-6-19(7-9-20)12-13-3-2-10-21-13/h1,4-5,13H,2-3,6-10,12H2. The topological polar surface area (TPSA) is 39.5 Å². The van der Waals surface area contributed by atoms with Crippen LogP contribution in [0.1, 0.15) is 18.4 Å². The Kier molecular flexibility index (Phi) is 4.37. The smallest absolute Gasteiger partial charge is 0.143 e. The number of benzene rings is 1. The van der Waals surface area contributed by atoms with E-state index in [9.17, 15) is 4.39 Å². The van der Waals surface area contributed by atoms with Crippen molar-refractivity contribution < 1.29 is 9.13 Å². The van der Waals surface area contributed by atoms with Gasteiger partial charge in [-0.15, -0.1) is 0 Å². The van der Waals surface area contributed by atoms with Gasteiger partial charge >= 0.3 is 0 Å². The number of piperazine rings is 1. The molecule has 0 aromatic heterocycles. The van der Waals surface area contributed by atoms with Gasteiger partial charge in [-0.1, -0.05) is 6.07 Å². The van der Waals surface area contributed by atoms with E-state index < -0.39 is 5.82 Å². The lowest BCUT2D eigenvalue weighted by molar-refractivity contribution is 0.0712. The minimum absolute atomic E-state index is 0.157. The second kappa shape index (κ2) is 6.42. The number of hydrogen-bond donors (Lipinski definition) is 0. The van der Waals surface area contributed by atoms with E-state index in [0.717, 1.165) is 45.8 Å². The monoisotopic (exact) mass is 289 g/mol. The lowest BCUT2D eigenvalue weighted by Crippen LogP contribution is -2.48. The Morgan fingerprint density at radius 2 is 2.10 bits per heavy atom. The molecule has 1 unspecified atom stereocenters. The van der Waals surface area contributed by atoms with Crippen LogP contribution in [0.2, 0.25) is 0 Å². The number of rotatable bonds is 3. The average Bonchev–Trinajstić information content (AvgIpc) is 3.01. The van der Waals surface area contributed by atoms with E-state index in [2.05, 4.69) is 9.80 Å². The van der Waals surface area contributed by atoms with Gasteiger partial charge in [0.15, 0.2) is 0 Å². The Morgan fingerprint density at radius 3 is 2.76 bits per heavy atom. The molecule has 2 fully saturated rings. The Bertz CT molecular complexity index is 529. The van der Waals surface area contributed by atoms with Gasteiger partial charge in [0.1, 0.15) is 17.4 Å². The number of ether oxygens (including phenoxy) is 1. The average molecular weight is 289 g/mol. The summed E-state index contributed by atoms with van der Waals surface area (Å²) in [5.74, 6) is -0.434. The summed E-state index contributed by atoms with van der Waals surface area (Å²) in [7, 11) is 0. The first-order valence-corrected chi connectivity index (χ1v) is 7.55. The normalized spacial score (nSPS) is 23.2. The van der Waals surface area contributed by atoms with Crippen LogP contribution in [0.15, 0.2) is 18.2 Å². The molecule has 2 saturated heterocycles. The molecule has 21 heavy (non-hydrogen) atoms. The number of hydrogen-bond acceptors (Lipinski definition) is 4. The predicted octanol–water partition coefficient (Wildman–Crippen LogP) is 2.00. The number of anilines is 1. The quantitative estimate of drug-likeness (QED) is 0.853. The summed E-state index contributed by atoms with van der Waals surface area (Å²) < 4.78 is 19.3. The molecule has 0 saturated carbocycles. The second-order valence-corrected chi connectivity index (χ2v) is 5.67. The highest BCUT2D eigenvalue weighted by atomic mass is 19.1. The third kappa shape index (κ3) is 3.17. The minimum Gasteiger partial charge on any atom is -0.377 e. The van der Waals surface area contributed by atoms with Crippen molar-refractivity contribution in [2.24, 2.45) is 0 Å². The van der Waals surface area contributed by atoms with E-state index in [1.807, 2.05) is 12.1 Å². The van der Waals surface area contributed by atoms with E-state index in [-0.39, 0.29) is 5.56 Å². The Morgan fingerprint density at radius 1 is 1.29 bits per heavy atom. The molecule has 2 aliphatic heterocycles.